The molecule has 0 radical (unpaired) electrons. The standard InChI is InChI=1S/C17H17N5O4/c1-9-6-13(15-10(2)20-21(3)16(15)19-9)17(24)18-8-11-7-12(22(25)26)4-5-14(11)23/h4-7,23H,8H2,1-3H3,(H,18,24). The Hall–Kier alpha value is -3.49. The third-order valence-corrected chi connectivity index (χ3v) is 4.05. The number of hydrogen-bond donors (Lipinski definition) is 2. The topological polar surface area (TPSA) is 123 Å². The number of pyridine rings is 1. The van der Waals surface area contributed by atoms with Crippen molar-refractivity contribution in [1.82, 2.24) is 20.1 Å². The summed E-state index contributed by atoms with van der Waals surface area (Å²) in [4.78, 5) is 27.4. The highest BCUT2D eigenvalue weighted by Crippen LogP contribution is 2.24. The Balaban J connectivity index is 1.91. The number of carbonyl (C=O) groups is 1. The van der Waals surface area contributed by atoms with Crippen molar-refractivity contribution in [2.24, 2.45) is 7.05 Å². The van der Waals surface area contributed by atoms with E-state index in [-0.39, 0.29) is 29.5 Å². The molecule has 2 N–H and O–H groups in total. The number of fused-ring (bicyclic) bond motifs is 1. The van der Waals surface area contributed by atoms with Gasteiger partial charge < -0.3 is 10.4 Å². The third-order valence-electron chi connectivity index (χ3n) is 4.05. The summed E-state index contributed by atoms with van der Waals surface area (Å²) in [5.41, 5.74) is 2.48. The van der Waals surface area contributed by atoms with Crippen molar-refractivity contribution in [2.75, 3.05) is 0 Å². The molecule has 9 heteroatoms. The highest BCUT2D eigenvalue weighted by Gasteiger charge is 2.18. The first-order chi connectivity index (χ1) is 12.3. The Labute approximate surface area is 148 Å². The number of carbonyl (C=O) groups excluding carboxylic acids is 1. The number of phenolic OH excluding ortho intramolecular Hbond substituents is 1. The van der Waals surface area contributed by atoms with Crippen molar-refractivity contribution in [2.45, 2.75) is 20.4 Å². The van der Waals surface area contributed by atoms with Crippen molar-refractivity contribution in [3.05, 3.63) is 56.9 Å². The second kappa shape index (κ2) is 6.43. The summed E-state index contributed by atoms with van der Waals surface area (Å²) in [5.74, 6) is -0.493. The van der Waals surface area contributed by atoms with Gasteiger partial charge in [-0.1, -0.05) is 0 Å². The van der Waals surface area contributed by atoms with Crippen molar-refractivity contribution in [1.29, 1.82) is 0 Å². The molecule has 0 saturated heterocycles. The Morgan fingerprint density at radius 3 is 2.77 bits per heavy atom. The van der Waals surface area contributed by atoms with Gasteiger partial charge in [0.25, 0.3) is 11.6 Å². The molecule has 0 unspecified atom stereocenters. The van der Waals surface area contributed by atoms with Crippen molar-refractivity contribution in [3.8, 4) is 5.75 Å². The molecule has 1 amide bonds. The second-order valence-electron chi connectivity index (χ2n) is 5.97. The molecule has 0 bridgehead atoms. The number of nitro benzene ring substituents is 1. The lowest BCUT2D eigenvalue weighted by molar-refractivity contribution is -0.384. The average molecular weight is 355 g/mol. The van der Waals surface area contributed by atoms with Crippen LogP contribution in [0, 0.1) is 24.0 Å². The number of aryl methyl sites for hydroxylation is 3. The van der Waals surface area contributed by atoms with Crippen LogP contribution in [0.1, 0.15) is 27.3 Å². The lowest BCUT2D eigenvalue weighted by atomic mass is 10.1. The average Bonchev–Trinajstić information content (AvgIpc) is 2.87. The first-order valence-electron chi connectivity index (χ1n) is 7.83. The van der Waals surface area contributed by atoms with Crippen LogP contribution in [0.4, 0.5) is 5.69 Å². The molecular formula is C17H17N5O4. The monoisotopic (exact) mass is 355 g/mol. The molecule has 0 fully saturated rings. The van der Waals surface area contributed by atoms with E-state index in [1.807, 2.05) is 0 Å². The number of nitrogens with one attached hydrogen (secondary N) is 1. The van der Waals surface area contributed by atoms with Gasteiger partial charge in [-0.05, 0) is 26.0 Å². The summed E-state index contributed by atoms with van der Waals surface area (Å²) in [6.07, 6.45) is 0. The lowest BCUT2D eigenvalue weighted by Gasteiger charge is -2.09. The van der Waals surface area contributed by atoms with Crippen LogP contribution in [0.15, 0.2) is 24.3 Å². The smallest absolute Gasteiger partial charge is 0.270 e. The number of aromatic nitrogens is 3. The molecule has 3 aromatic rings. The molecule has 2 heterocycles. The van der Waals surface area contributed by atoms with Crippen LogP contribution in [-0.2, 0) is 13.6 Å². The summed E-state index contributed by atoms with van der Waals surface area (Å²) < 4.78 is 1.61. The number of benzene rings is 1. The van der Waals surface area contributed by atoms with Crippen LogP contribution in [0.25, 0.3) is 11.0 Å². The SMILES string of the molecule is Cc1cc(C(=O)NCc2cc([N+](=O)[O-])ccc2O)c2c(C)nn(C)c2n1. The predicted octanol–water partition coefficient (Wildman–Crippen LogP) is 2.13. The largest absolute Gasteiger partial charge is 0.508 e. The van der Waals surface area contributed by atoms with Gasteiger partial charge in [-0.3, -0.25) is 19.6 Å². The number of amides is 1. The van der Waals surface area contributed by atoms with Gasteiger partial charge in [-0.15, -0.1) is 0 Å². The fourth-order valence-electron chi connectivity index (χ4n) is 2.85. The highest BCUT2D eigenvalue weighted by molar-refractivity contribution is 6.06. The van der Waals surface area contributed by atoms with Gasteiger partial charge in [0.2, 0.25) is 0 Å². The summed E-state index contributed by atoms with van der Waals surface area (Å²) in [6, 6.07) is 5.34. The van der Waals surface area contributed by atoms with Gasteiger partial charge in [0.1, 0.15) is 5.75 Å². The number of hydrogen-bond acceptors (Lipinski definition) is 6. The van der Waals surface area contributed by atoms with Gasteiger partial charge in [0.05, 0.1) is 21.6 Å². The zero-order valence-electron chi connectivity index (χ0n) is 14.5. The van der Waals surface area contributed by atoms with Crippen LogP contribution in [0.2, 0.25) is 0 Å². The maximum atomic E-state index is 12.7. The maximum absolute atomic E-state index is 12.7. The molecule has 0 spiro atoms. The Bertz CT molecular complexity index is 1040. The fourth-order valence-corrected chi connectivity index (χ4v) is 2.85. The summed E-state index contributed by atoms with van der Waals surface area (Å²) >= 11 is 0. The van der Waals surface area contributed by atoms with Crippen LogP contribution in [0.5, 0.6) is 5.75 Å². The van der Waals surface area contributed by atoms with Crippen molar-refractivity contribution < 1.29 is 14.8 Å². The first kappa shape index (κ1) is 17.3. The van der Waals surface area contributed by atoms with E-state index in [0.717, 1.165) is 0 Å². The van der Waals surface area contributed by atoms with Crippen LogP contribution in [-0.4, -0.2) is 30.7 Å². The van der Waals surface area contributed by atoms with E-state index in [4.69, 9.17) is 0 Å². The van der Waals surface area contributed by atoms with Crippen molar-refractivity contribution in [3.63, 3.8) is 0 Å². The van der Waals surface area contributed by atoms with Crippen LogP contribution in [0.3, 0.4) is 0 Å². The molecular weight excluding hydrogens is 338 g/mol. The lowest BCUT2D eigenvalue weighted by Crippen LogP contribution is -2.23. The van der Waals surface area contributed by atoms with E-state index in [1.165, 1.54) is 18.2 Å². The minimum absolute atomic E-state index is 0.0471. The molecule has 9 nitrogen and oxygen atoms in total. The summed E-state index contributed by atoms with van der Waals surface area (Å²) in [5, 5.41) is 28.4. The van der Waals surface area contributed by atoms with Crippen LogP contribution < -0.4 is 5.32 Å². The minimum atomic E-state index is -0.556. The van der Waals surface area contributed by atoms with Gasteiger partial charge in [-0.25, -0.2) is 4.98 Å². The number of non-ortho nitro benzene ring substituents is 1. The minimum Gasteiger partial charge on any atom is -0.508 e. The van der Waals surface area contributed by atoms with Gasteiger partial charge in [0.15, 0.2) is 5.65 Å². The molecule has 3 rings (SSSR count). The normalized spacial score (nSPS) is 10.9. The Kier molecular flexibility index (Phi) is 4.29. The van der Waals surface area contributed by atoms with E-state index >= 15 is 0 Å². The fraction of sp³-hybridized carbons (Fsp3) is 0.235. The van der Waals surface area contributed by atoms with E-state index in [2.05, 4.69) is 15.4 Å². The van der Waals surface area contributed by atoms with E-state index in [1.54, 1.807) is 31.6 Å². The molecule has 26 heavy (non-hydrogen) atoms. The molecule has 0 aliphatic carbocycles. The molecule has 0 saturated carbocycles. The number of aromatic hydroxyl groups is 1. The van der Waals surface area contributed by atoms with Crippen LogP contribution >= 0.6 is 0 Å². The predicted molar refractivity (Wildman–Crippen MR) is 93.9 cm³/mol. The number of phenols is 1. The zero-order valence-corrected chi connectivity index (χ0v) is 14.5. The Morgan fingerprint density at radius 2 is 2.08 bits per heavy atom. The quantitative estimate of drug-likeness (QED) is 0.546. The number of rotatable bonds is 4. The second-order valence-corrected chi connectivity index (χ2v) is 5.97. The number of nitro groups is 1. The molecule has 2 aromatic heterocycles. The third kappa shape index (κ3) is 3.06. The summed E-state index contributed by atoms with van der Waals surface area (Å²) in [6.45, 7) is 3.53. The molecule has 1 aromatic carbocycles. The molecule has 0 aliphatic rings. The van der Waals surface area contributed by atoms with E-state index in [9.17, 15) is 20.0 Å². The zero-order chi connectivity index (χ0) is 19.0. The van der Waals surface area contributed by atoms with E-state index < -0.39 is 4.92 Å². The van der Waals surface area contributed by atoms with Gasteiger partial charge in [-0.2, -0.15) is 5.10 Å². The van der Waals surface area contributed by atoms with Gasteiger partial charge in [0, 0.05) is 37.0 Å². The van der Waals surface area contributed by atoms with Gasteiger partial charge >= 0.3 is 0 Å². The number of nitrogens with zero attached hydrogens (tertiary/aromatic N) is 4. The molecule has 134 valence electrons. The van der Waals surface area contributed by atoms with E-state index in [0.29, 0.717) is 28.0 Å². The maximum Gasteiger partial charge on any atom is 0.270 e. The Morgan fingerprint density at radius 1 is 1.35 bits per heavy atom. The van der Waals surface area contributed by atoms with Crippen molar-refractivity contribution >= 4 is 22.6 Å². The summed E-state index contributed by atoms with van der Waals surface area (Å²) in [7, 11) is 1.75. The highest BCUT2D eigenvalue weighted by atomic mass is 16.6. The molecule has 0 atom stereocenters. The first-order valence-corrected chi connectivity index (χ1v) is 7.83. The molecule has 0 aliphatic heterocycles.